The molecule has 0 radical (unpaired) electrons. The van der Waals surface area contributed by atoms with Gasteiger partial charge in [-0.25, -0.2) is 17.5 Å². The minimum absolute atomic E-state index is 0.0808. The van der Waals surface area contributed by atoms with E-state index in [0.29, 0.717) is 22.2 Å². The van der Waals surface area contributed by atoms with Crippen LogP contribution in [0.4, 0.5) is 4.39 Å². The van der Waals surface area contributed by atoms with E-state index in [1.54, 1.807) is 31.2 Å². The average molecular weight is 337 g/mol. The summed E-state index contributed by atoms with van der Waals surface area (Å²) in [5.74, 6) is -0.315. The minimum atomic E-state index is -3.72. The third-order valence-electron chi connectivity index (χ3n) is 3.23. The van der Waals surface area contributed by atoms with Crippen LogP contribution in [0.3, 0.4) is 0 Å². The minimum Gasteiger partial charge on any atom is -0.207 e. The lowest BCUT2D eigenvalue weighted by Crippen LogP contribution is -2.23. The maximum absolute atomic E-state index is 13.2. The lowest BCUT2D eigenvalue weighted by molar-refractivity contribution is 0.582. The normalized spacial score (nSPS) is 11.9. The molecule has 3 aromatic rings. The Balaban J connectivity index is 1.87. The predicted molar refractivity (Wildman–Crippen MR) is 82.6 cm³/mol. The number of benzene rings is 2. The summed E-state index contributed by atoms with van der Waals surface area (Å²) in [6.45, 7) is 1.71. The largest absolute Gasteiger partial charge is 0.243 e. The third-order valence-corrected chi connectivity index (χ3v) is 5.20. The van der Waals surface area contributed by atoms with Gasteiger partial charge in [0.2, 0.25) is 10.0 Å². The maximum Gasteiger partial charge on any atom is 0.243 e. The zero-order valence-electron chi connectivity index (χ0n) is 11.6. The van der Waals surface area contributed by atoms with Crippen molar-refractivity contribution in [1.82, 2.24) is 13.5 Å². The molecule has 0 fully saturated rings. The van der Waals surface area contributed by atoms with E-state index >= 15 is 0 Å². The molecule has 0 unspecified atom stereocenters. The van der Waals surface area contributed by atoms with Crippen molar-refractivity contribution in [3.8, 4) is 0 Å². The van der Waals surface area contributed by atoms with E-state index in [-0.39, 0.29) is 17.3 Å². The first-order valence-corrected chi connectivity index (χ1v) is 8.65. The molecule has 8 heteroatoms. The van der Waals surface area contributed by atoms with E-state index in [1.165, 1.54) is 12.1 Å². The van der Waals surface area contributed by atoms with Gasteiger partial charge in [0, 0.05) is 6.54 Å². The van der Waals surface area contributed by atoms with Crippen LogP contribution in [0.1, 0.15) is 11.1 Å². The molecule has 0 saturated carbocycles. The predicted octanol–water partition coefficient (Wildman–Crippen LogP) is 2.62. The maximum atomic E-state index is 13.2. The number of hydrogen-bond donors (Lipinski definition) is 1. The Morgan fingerprint density at radius 3 is 2.82 bits per heavy atom. The van der Waals surface area contributed by atoms with Crippen molar-refractivity contribution in [1.29, 1.82) is 0 Å². The molecule has 3 rings (SSSR count). The van der Waals surface area contributed by atoms with Crippen molar-refractivity contribution in [2.75, 3.05) is 0 Å². The van der Waals surface area contributed by atoms with E-state index in [2.05, 4.69) is 13.5 Å². The number of hydrogen-bond acceptors (Lipinski definition) is 5. The number of halogens is 1. The van der Waals surface area contributed by atoms with Crippen molar-refractivity contribution in [3.63, 3.8) is 0 Å². The highest BCUT2D eigenvalue weighted by atomic mass is 32.2. The van der Waals surface area contributed by atoms with Gasteiger partial charge in [-0.1, -0.05) is 18.2 Å². The summed E-state index contributed by atoms with van der Waals surface area (Å²) in [5.41, 5.74) is 2.06. The molecule has 0 aliphatic rings. The van der Waals surface area contributed by atoms with Gasteiger partial charge < -0.3 is 0 Å². The van der Waals surface area contributed by atoms with Crippen molar-refractivity contribution >= 4 is 32.8 Å². The molecule has 1 N–H and O–H groups in total. The molecule has 0 atom stereocenters. The second-order valence-corrected chi connectivity index (χ2v) is 7.06. The van der Waals surface area contributed by atoms with E-state index in [4.69, 9.17) is 0 Å². The monoisotopic (exact) mass is 337 g/mol. The molecule has 0 amide bonds. The van der Waals surface area contributed by atoms with Crippen molar-refractivity contribution < 1.29 is 12.8 Å². The van der Waals surface area contributed by atoms with Gasteiger partial charge in [-0.2, -0.15) is 8.75 Å². The molecule has 5 nitrogen and oxygen atoms in total. The van der Waals surface area contributed by atoms with Gasteiger partial charge in [-0.3, -0.25) is 0 Å². The topological polar surface area (TPSA) is 72.0 Å². The van der Waals surface area contributed by atoms with Crippen LogP contribution in [0.25, 0.3) is 11.0 Å². The highest BCUT2D eigenvalue weighted by molar-refractivity contribution is 7.89. The Bertz CT molecular complexity index is 938. The van der Waals surface area contributed by atoms with Gasteiger partial charge in [0.25, 0.3) is 0 Å². The zero-order valence-corrected chi connectivity index (χ0v) is 13.2. The molecule has 0 aliphatic carbocycles. The number of sulfonamides is 1. The Labute approximate surface area is 131 Å². The summed E-state index contributed by atoms with van der Waals surface area (Å²) in [6.07, 6.45) is 0. The van der Waals surface area contributed by atoms with Crippen LogP contribution in [-0.2, 0) is 16.6 Å². The van der Waals surface area contributed by atoms with Crippen LogP contribution in [0.15, 0.2) is 41.3 Å². The molecule has 0 saturated heterocycles. The van der Waals surface area contributed by atoms with Crippen molar-refractivity contribution in [3.05, 3.63) is 53.3 Å². The fourth-order valence-corrected chi connectivity index (χ4v) is 3.85. The fraction of sp³-hybridized carbons (Fsp3) is 0.143. The molecule has 0 aliphatic heterocycles. The van der Waals surface area contributed by atoms with Gasteiger partial charge >= 0.3 is 0 Å². The van der Waals surface area contributed by atoms with E-state index in [1.807, 2.05) is 0 Å². The second-order valence-electron chi connectivity index (χ2n) is 4.80. The number of aromatic nitrogens is 2. The molecule has 0 bridgehead atoms. The van der Waals surface area contributed by atoms with Crippen molar-refractivity contribution in [2.45, 2.75) is 18.4 Å². The van der Waals surface area contributed by atoms with E-state index in [9.17, 15) is 12.8 Å². The molecular formula is C14H12FN3O2S2. The van der Waals surface area contributed by atoms with Gasteiger partial charge in [0.1, 0.15) is 21.7 Å². The number of aryl methyl sites for hydroxylation is 1. The summed E-state index contributed by atoms with van der Waals surface area (Å²) >= 11 is 0.967. The lowest BCUT2D eigenvalue weighted by Gasteiger charge is -2.08. The number of nitrogens with zero attached hydrogens (tertiary/aromatic N) is 2. The second kappa shape index (κ2) is 5.71. The van der Waals surface area contributed by atoms with Crippen LogP contribution >= 0.6 is 11.7 Å². The standard InChI is InChI=1S/C14H12FN3O2S2/c1-9-7-10(5-6-11(9)15)8-16-22(19,20)13-4-2-3-12-14(13)18-21-17-12/h2-7,16H,8H2,1H3. The highest BCUT2D eigenvalue weighted by Gasteiger charge is 2.19. The Kier molecular flexibility index (Phi) is 3.90. The average Bonchev–Trinajstić information content (AvgIpc) is 2.97. The van der Waals surface area contributed by atoms with Crippen LogP contribution in [-0.4, -0.2) is 17.2 Å². The molecule has 2 aromatic carbocycles. The number of rotatable bonds is 4. The van der Waals surface area contributed by atoms with Gasteiger partial charge in [-0.15, -0.1) is 0 Å². The zero-order chi connectivity index (χ0) is 15.7. The number of fused-ring (bicyclic) bond motifs is 1. The quantitative estimate of drug-likeness (QED) is 0.794. The molecule has 22 heavy (non-hydrogen) atoms. The lowest BCUT2D eigenvalue weighted by atomic mass is 10.1. The SMILES string of the molecule is Cc1cc(CNS(=O)(=O)c2cccc3nsnc23)ccc1F. The molecule has 1 aromatic heterocycles. The first kappa shape index (κ1) is 15.0. The number of nitrogens with one attached hydrogen (secondary N) is 1. The van der Waals surface area contributed by atoms with Crippen LogP contribution in [0, 0.1) is 12.7 Å². The third kappa shape index (κ3) is 2.85. The summed E-state index contributed by atoms with van der Waals surface area (Å²) in [6, 6.07) is 9.31. The Morgan fingerprint density at radius 1 is 1.23 bits per heavy atom. The summed E-state index contributed by atoms with van der Waals surface area (Å²) < 4.78 is 48.6. The van der Waals surface area contributed by atoms with Crippen LogP contribution < -0.4 is 4.72 Å². The molecule has 114 valence electrons. The summed E-state index contributed by atoms with van der Waals surface area (Å²) in [4.78, 5) is 0.0950. The highest BCUT2D eigenvalue weighted by Crippen LogP contribution is 2.21. The van der Waals surface area contributed by atoms with Gasteiger partial charge in [0.05, 0.1) is 11.7 Å². The van der Waals surface area contributed by atoms with Crippen LogP contribution in [0.5, 0.6) is 0 Å². The molecule has 0 spiro atoms. The Hall–Kier alpha value is -1.90. The molecular weight excluding hydrogens is 325 g/mol. The Morgan fingerprint density at radius 2 is 2.05 bits per heavy atom. The van der Waals surface area contributed by atoms with E-state index in [0.717, 1.165) is 11.7 Å². The van der Waals surface area contributed by atoms with E-state index < -0.39 is 10.0 Å². The van der Waals surface area contributed by atoms with Crippen LogP contribution in [0.2, 0.25) is 0 Å². The van der Waals surface area contributed by atoms with Crippen molar-refractivity contribution in [2.24, 2.45) is 0 Å². The first-order chi connectivity index (χ1) is 10.5. The van der Waals surface area contributed by atoms with Gasteiger partial charge in [-0.05, 0) is 36.2 Å². The van der Waals surface area contributed by atoms with Gasteiger partial charge in [0.15, 0.2) is 0 Å². The summed E-state index contributed by atoms with van der Waals surface area (Å²) in [7, 11) is -3.72. The summed E-state index contributed by atoms with van der Waals surface area (Å²) in [5, 5.41) is 0. The molecule has 1 heterocycles. The first-order valence-electron chi connectivity index (χ1n) is 6.43. The fourth-order valence-electron chi connectivity index (χ4n) is 2.07. The smallest absolute Gasteiger partial charge is 0.207 e.